The first-order chi connectivity index (χ1) is 14.4. The van der Waals surface area contributed by atoms with E-state index in [0.717, 1.165) is 12.1 Å². The van der Waals surface area contributed by atoms with Crippen LogP contribution >= 0.6 is 11.8 Å². The predicted octanol–water partition coefficient (Wildman–Crippen LogP) is 3.42. The molecule has 1 heterocycles. The largest absolute Gasteiger partial charge is 0.355 e. The van der Waals surface area contributed by atoms with E-state index in [2.05, 4.69) is 5.32 Å². The third-order valence-corrected chi connectivity index (χ3v) is 7.85. The highest BCUT2D eigenvalue weighted by Crippen LogP contribution is 2.24. The fourth-order valence-corrected chi connectivity index (χ4v) is 5.69. The van der Waals surface area contributed by atoms with E-state index in [1.54, 1.807) is 18.2 Å². The third-order valence-electron chi connectivity index (χ3n) is 4.97. The van der Waals surface area contributed by atoms with Crippen LogP contribution in [0.3, 0.4) is 0 Å². The molecule has 0 saturated carbocycles. The minimum atomic E-state index is -3.76. The van der Waals surface area contributed by atoms with Gasteiger partial charge >= 0.3 is 0 Å². The summed E-state index contributed by atoms with van der Waals surface area (Å²) in [5.74, 6) is -0.192. The number of hydrogen-bond acceptors (Lipinski definition) is 4. The number of nitrogens with zero attached hydrogens (tertiary/aromatic N) is 1. The number of benzene rings is 2. The molecule has 0 spiro atoms. The number of hydrogen-bond donors (Lipinski definition) is 1. The Hall–Kier alpha value is -1.97. The minimum Gasteiger partial charge on any atom is -0.355 e. The first-order valence-corrected chi connectivity index (χ1v) is 12.3. The summed E-state index contributed by atoms with van der Waals surface area (Å²) in [5.41, 5.74) is 0.628. The quantitative estimate of drug-likeness (QED) is 0.621. The molecular weight excluding hydrogens is 430 g/mol. The smallest absolute Gasteiger partial charge is 0.243 e. The summed E-state index contributed by atoms with van der Waals surface area (Å²) in [4.78, 5) is 12.5. The number of piperidine rings is 1. The second kappa shape index (κ2) is 10.4. The molecule has 162 valence electrons. The lowest BCUT2D eigenvalue weighted by atomic mass is 9.99. The summed E-state index contributed by atoms with van der Waals surface area (Å²) >= 11 is 1.52. The molecule has 0 bridgehead atoms. The number of amides is 1. The van der Waals surface area contributed by atoms with Crippen molar-refractivity contribution >= 4 is 27.7 Å². The van der Waals surface area contributed by atoms with E-state index in [-0.39, 0.29) is 23.2 Å². The van der Waals surface area contributed by atoms with Gasteiger partial charge in [-0.15, -0.1) is 0 Å². The summed E-state index contributed by atoms with van der Waals surface area (Å²) in [6, 6.07) is 11.3. The Morgan fingerprint density at radius 1 is 1.13 bits per heavy atom. The van der Waals surface area contributed by atoms with Crippen molar-refractivity contribution in [3.8, 4) is 0 Å². The lowest BCUT2D eigenvalue weighted by molar-refractivity contribution is -0.125. The highest BCUT2D eigenvalue weighted by molar-refractivity contribution is 7.98. The first-order valence-electron chi connectivity index (χ1n) is 9.72. The van der Waals surface area contributed by atoms with Crippen molar-refractivity contribution in [2.24, 2.45) is 5.92 Å². The van der Waals surface area contributed by atoms with Crippen molar-refractivity contribution < 1.29 is 22.0 Å². The Morgan fingerprint density at radius 3 is 2.60 bits per heavy atom. The molecule has 30 heavy (non-hydrogen) atoms. The number of carbonyl (C=O) groups excluding carboxylic acids is 1. The van der Waals surface area contributed by atoms with Gasteiger partial charge < -0.3 is 5.32 Å². The van der Waals surface area contributed by atoms with Crippen molar-refractivity contribution in [2.45, 2.75) is 23.5 Å². The lowest BCUT2D eigenvalue weighted by Crippen LogP contribution is -2.45. The normalized spacial score (nSPS) is 17.6. The average Bonchev–Trinajstić information content (AvgIpc) is 2.75. The van der Waals surface area contributed by atoms with Crippen molar-refractivity contribution in [1.82, 2.24) is 9.62 Å². The van der Waals surface area contributed by atoms with Crippen molar-refractivity contribution in [1.29, 1.82) is 0 Å². The number of halogens is 2. The van der Waals surface area contributed by atoms with Crippen LogP contribution < -0.4 is 5.32 Å². The number of sulfonamides is 1. The molecule has 1 atom stereocenters. The van der Waals surface area contributed by atoms with Crippen LogP contribution in [-0.2, 0) is 20.6 Å². The minimum absolute atomic E-state index is 0.0227. The number of rotatable bonds is 8. The SMILES string of the molecule is O=C(NCCSCc1ccccc1F)[C@@H]1CCCN(S(=O)(=O)c2ccc(F)cc2)C1. The molecule has 1 amide bonds. The van der Waals surface area contributed by atoms with Crippen LogP contribution in [0, 0.1) is 17.6 Å². The Labute approximate surface area is 179 Å². The molecule has 1 aliphatic rings. The number of nitrogens with one attached hydrogen (secondary N) is 1. The van der Waals surface area contributed by atoms with E-state index >= 15 is 0 Å². The van der Waals surface area contributed by atoms with Crippen LogP contribution in [-0.4, -0.2) is 44.0 Å². The molecule has 0 aromatic heterocycles. The Morgan fingerprint density at radius 2 is 1.87 bits per heavy atom. The van der Waals surface area contributed by atoms with E-state index < -0.39 is 21.8 Å². The van der Waals surface area contributed by atoms with Crippen LogP contribution in [0.4, 0.5) is 8.78 Å². The van der Waals surface area contributed by atoms with Crippen LogP contribution in [0.25, 0.3) is 0 Å². The second-order valence-corrected chi connectivity index (χ2v) is 10.1. The van der Waals surface area contributed by atoms with Gasteiger partial charge in [0.15, 0.2) is 0 Å². The van der Waals surface area contributed by atoms with Gasteiger partial charge in [-0.3, -0.25) is 4.79 Å². The molecule has 1 aliphatic heterocycles. The molecule has 1 fully saturated rings. The zero-order valence-electron chi connectivity index (χ0n) is 16.4. The fraction of sp³-hybridized carbons (Fsp3) is 0.381. The van der Waals surface area contributed by atoms with Gasteiger partial charge in [-0.25, -0.2) is 17.2 Å². The maximum atomic E-state index is 13.6. The van der Waals surface area contributed by atoms with Gasteiger partial charge in [-0.1, -0.05) is 18.2 Å². The molecule has 0 aliphatic carbocycles. The van der Waals surface area contributed by atoms with Gasteiger partial charge in [0.1, 0.15) is 11.6 Å². The summed E-state index contributed by atoms with van der Waals surface area (Å²) in [7, 11) is -3.76. The molecule has 0 radical (unpaired) electrons. The fourth-order valence-electron chi connectivity index (χ4n) is 3.32. The monoisotopic (exact) mass is 454 g/mol. The van der Waals surface area contributed by atoms with Gasteiger partial charge in [0.05, 0.1) is 10.8 Å². The maximum absolute atomic E-state index is 13.6. The maximum Gasteiger partial charge on any atom is 0.243 e. The Kier molecular flexibility index (Phi) is 7.85. The van der Waals surface area contributed by atoms with Crippen molar-refractivity contribution in [3.63, 3.8) is 0 Å². The molecule has 0 unspecified atom stereocenters. The summed E-state index contributed by atoms with van der Waals surface area (Å²) in [5, 5.41) is 2.85. The molecule has 3 rings (SSSR count). The Balaban J connectivity index is 1.47. The molecule has 2 aromatic carbocycles. The molecular formula is C21H24F2N2O3S2. The van der Waals surface area contributed by atoms with Crippen molar-refractivity contribution in [2.75, 3.05) is 25.4 Å². The van der Waals surface area contributed by atoms with Gasteiger partial charge in [0.2, 0.25) is 15.9 Å². The summed E-state index contributed by atoms with van der Waals surface area (Å²) < 4.78 is 53.5. The lowest BCUT2D eigenvalue weighted by Gasteiger charge is -2.31. The molecule has 2 aromatic rings. The summed E-state index contributed by atoms with van der Waals surface area (Å²) in [6.07, 6.45) is 1.20. The first kappa shape index (κ1) is 22.7. The topological polar surface area (TPSA) is 66.5 Å². The second-order valence-electron chi connectivity index (χ2n) is 7.09. The van der Waals surface area contributed by atoms with Gasteiger partial charge in [0.25, 0.3) is 0 Å². The van der Waals surface area contributed by atoms with Crippen LogP contribution in [0.5, 0.6) is 0 Å². The molecule has 1 saturated heterocycles. The average molecular weight is 455 g/mol. The van der Waals surface area contributed by atoms with E-state index in [0.29, 0.717) is 43.0 Å². The van der Waals surface area contributed by atoms with Crippen LogP contribution in [0.1, 0.15) is 18.4 Å². The predicted molar refractivity (Wildman–Crippen MR) is 113 cm³/mol. The standard InChI is InChI=1S/C21H24F2N2O3S2/c22-18-7-9-19(10-8-18)30(27,28)25-12-3-5-16(14-25)21(26)24-11-13-29-15-17-4-1-2-6-20(17)23/h1-2,4,6-10,16H,3,5,11-15H2,(H,24,26)/t16-/m1/s1. The van der Waals surface area contributed by atoms with E-state index in [4.69, 9.17) is 0 Å². The third kappa shape index (κ3) is 5.80. The summed E-state index contributed by atoms with van der Waals surface area (Å²) in [6.45, 7) is 0.870. The van der Waals surface area contributed by atoms with Gasteiger partial charge in [-0.05, 0) is 48.7 Å². The molecule has 5 nitrogen and oxygen atoms in total. The highest BCUT2D eigenvalue weighted by Gasteiger charge is 2.33. The Bertz CT molecular complexity index is 968. The highest BCUT2D eigenvalue weighted by atomic mass is 32.2. The van der Waals surface area contributed by atoms with E-state index in [1.165, 1.54) is 34.3 Å². The van der Waals surface area contributed by atoms with E-state index in [9.17, 15) is 22.0 Å². The van der Waals surface area contributed by atoms with Crippen LogP contribution in [0.2, 0.25) is 0 Å². The molecule has 1 N–H and O–H groups in total. The van der Waals surface area contributed by atoms with Crippen LogP contribution in [0.15, 0.2) is 53.4 Å². The zero-order chi connectivity index (χ0) is 21.6. The number of carbonyl (C=O) groups is 1. The number of thioether (sulfide) groups is 1. The van der Waals surface area contributed by atoms with Crippen molar-refractivity contribution in [3.05, 3.63) is 65.7 Å². The zero-order valence-corrected chi connectivity index (χ0v) is 18.0. The van der Waals surface area contributed by atoms with Gasteiger partial charge in [-0.2, -0.15) is 16.1 Å². The van der Waals surface area contributed by atoms with Gasteiger partial charge in [0, 0.05) is 31.1 Å². The van der Waals surface area contributed by atoms with E-state index in [1.807, 2.05) is 0 Å². The molecule has 9 heteroatoms.